The van der Waals surface area contributed by atoms with E-state index < -0.39 is 0 Å². The summed E-state index contributed by atoms with van der Waals surface area (Å²) in [5.41, 5.74) is 7.53. The standard InChI is InChI=1S/C9H9N3.HI/c1-12-9-5-3-2-4-7(9)8(10)6-11-12;/h2-6,10H,1H3;1H. The Morgan fingerprint density at radius 2 is 2.00 bits per heavy atom. The fraction of sp³-hybridized carbons (Fsp3) is 0.111. The fourth-order valence-electron chi connectivity index (χ4n) is 1.28. The number of rotatable bonds is 0. The van der Waals surface area contributed by atoms with E-state index in [1.807, 2.05) is 36.0 Å². The Kier molecular flexibility index (Phi) is 3.02. The zero-order chi connectivity index (χ0) is 8.55. The second-order valence-electron chi connectivity index (χ2n) is 2.74. The molecule has 1 aromatic heterocycles. The quantitative estimate of drug-likeness (QED) is 0.435. The van der Waals surface area contributed by atoms with Crippen molar-refractivity contribution in [2.75, 3.05) is 5.73 Å². The molecule has 3 nitrogen and oxygen atoms in total. The molecule has 0 atom stereocenters. The van der Waals surface area contributed by atoms with Crippen molar-refractivity contribution in [3.63, 3.8) is 0 Å². The predicted octanol–water partition coefficient (Wildman–Crippen LogP) is -2.35. The molecule has 0 spiro atoms. The van der Waals surface area contributed by atoms with E-state index >= 15 is 0 Å². The molecule has 0 saturated heterocycles. The first-order chi connectivity index (χ1) is 5.79. The average Bonchev–Trinajstić information content (AvgIpc) is 2.12. The van der Waals surface area contributed by atoms with E-state index in [1.54, 1.807) is 6.20 Å². The number of anilines is 1. The maximum absolute atomic E-state index is 5.75. The third kappa shape index (κ3) is 1.72. The van der Waals surface area contributed by atoms with Gasteiger partial charge in [-0.2, -0.15) is 0 Å². The Morgan fingerprint density at radius 1 is 1.31 bits per heavy atom. The molecule has 0 radical (unpaired) electrons. The van der Waals surface area contributed by atoms with Gasteiger partial charge in [0, 0.05) is 6.07 Å². The summed E-state index contributed by atoms with van der Waals surface area (Å²) in [5.74, 6) is 0. The lowest BCUT2D eigenvalue weighted by Gasteiger charge is -1.96. The molecule has 0 saturated carbocycles. The van der Waals surface area contributed by atoms with Crippen LogP contribution in [-0.2, 0) is 7.05 Å². The molecule has 13 heavy (non-hydrogen) atoms. The first-order valence-electron chi connectivity index (χ1n) is 3.78. The summed E-state index contributed by atoms with van der Waals surface area (Å²) in [7, 11) is 1.90. The lowest BCUT2D eigenvalue weighted by atomic mass is 10.2. The summed E-state index contributed by atoms with van der Waals surface area (Å²) in [5, 5.41) is 5.15. The first kappa shape index (κ1) is 10.2. The normalized spacial score (nSPS) is 9.62. The number of halogens is 1. The Balaban J connectivity index is 0.000000845. The Hall–Kier alpha value is -0.910. The van der Waals surface area contributed by atoms with Gasteiger partial charge in [0.1, 0.15) is 6.20 Å². The van der Waals surface area contributed by atoms with Gasteiger partial charge in [0.05, 0.1) is 11.1 Å². The van der Waals surface area contributed by atoms with Gasteiger partial charge in [-0.15, -0.1) is 0 Å². The molecule has 0 aliphatic carbocycles. The van der Waals surface area contributed by atoms with Gasteiger partial charge >= 0.3 is 0 Å². The van der Waals surface area contributed by atoms with E-state index in [1.165, 1.54) is 0 Å². The number of nitrogens with zero attached hydrogens (tertiary/aromatic N) is 2. The lowest BCUT2D eigenvalue weighted by molar-refractivity contribution is -0.705. The fourth-order valence-corrected chi connectivity index (χ4v) is 1.28. The van der Waals surface area contributed by atoms with Gasteiger partial charge < -0.3 is 29.7 Å². The van der Waals surface area contributed by atoms with E-state index in [4.69, 9.17) is 5.73 Å². The number of nitrogens with two attached hydrogens (primary N) is 1. The highest BCUT2D eigenvalue weighted by molar-refractivity contribution is 5.86. The lowest BCUT2D eigenvalue weighted by Crippen LogP contribution is -3.00. The average molecular weight is 287 g/mol. The van der Waals surface area contributed by atoms with Crippen LogP contribution in [0.1, 0.15) is 0 Å². The highest BCUT2D eigenvalue weighted by atomic mass is 127. The van der Waals surface area contributed by atoms with Crippen LogP contribution in [0.4, 0.5) is 5.69 Å². The molecule has 1 heterocycles. The minimum atomic E-state index is 0. The van der Waals surface area contributed by atoms with Crippen LogP contribution < -0.4 is 34.4 Å². The molecule has 0 aliphatic heterocycles. The number of aromatic nitrogens is 2. The summed E-state index contributed by atoms with van der Waals surface area (Å²) in [6.45, 7) is 0. The third-order valence-corrected chi connectivity index (χ3v) is 1.93. The van der Waals surface area contributed by atoms with Gasteiger partial charge in [0.25, 0.3) is 0 Å². The van der Waals surface area contributed by atoms with Gasteiger partial charge in [-0.3, -0.25) is 0 Å². The number of benzene rings is 1. The molecule has 0 unspecified atom stereocenters. The Labute approximate surface area is 93.6 Å². The Morgan fingerprint density at radius 3 is 2.69 bits per heavy atom. The number of nitrogen functional groups attached to an aromatic ring is 1. The first-order valence-corrected chi connectivity index (χ1v) is 3.78. The van der Waals surface area contributed by atoms with Crippen LogP contribution in [0.5, 0.6) is 0 Å². The van der Waals surface area contributed by atoms with Crippen LogP contribution in [0, 0.1) is 0 Å². The topological polar surface area (TPSA) is 42.8 Å². The zero-order valence-corrected chi connectivity index (χ0v) is 9.39. The molecule has 1 aromatic carbocycles. The van der Waals surface area contributed by atoms with Crippen LogP contribution in [0.2, 0.25) is 0 Å². The maximum atomic E-state index is 5.75. The van der Waals surface area contributed by atoms with Crippen LogP contribution in [0.15, 0.2) is 30.5 Å². The van der Waals surface area contributed by atoms with Crippen molar-refractivity contribution >= 4 is 16.6 Å². The summed E-state index contributed by atoms with van der Waals surface area (Å²) in [6.07, 6.45) is 1.67. The van der Waals surface area contributed by atoms with Gasteiger partial charge in [-0.25, -0.2) is 0 Å². The van der Waals surface area contributed by atoms with Crippen molar-refractivity contribution in [2.24, 2.45) is 7.05 Å². The monoisotopic (exact) mass is 287 g/mol. The molecule has 2 N–H and O–H groups in total. The van der Waals surface area contributed by atoms with Gasteiger partial charge in [-0.05, 0) is 11.2 Å². The van der Waals surface area contributed by atoms with Gasteiger partial charge in [0.2, 0.25) is 5.52 Å². The Bertz CT molecular complexity index is 388. The number of hydrogen-bond donors (Lipinski definition) is 1. The van der Waals surface area contributed by atoms with E-state index in [0.717, 1.165) is 16.6 Å². The van der Waals surface area contributed by atoms with Crippen LogP contribution in [-0.4, -0.2) is 5.10 Å². The molecule has 0 bridgehead atoms. The van der Waals surface area contributed by atoms with Crippen molar-refractivity contribution in [1.82, 2.24) is 5.10 Å². The van der Waals surface area contributed by atoms with Crippen molar-refractivity contribution in [1.29, 1.82) is 0 Å². The zero-order valence-electron chi connectivity index (χ0n) is 7.24. The van der Waals surface area contributed by atoms with Crippen LogP contribution in [0.3, 0.4) is 0 Å². The van der Waals surface area contributed by atoms with E-state index in [2.05, 4.69) is 5.10 Å². The van der Waals surface area contributed by atoms with Crippen LogP contribution in [0.25, 0.3) is 10.9 Å². The highest BCUT2D eigenvalue weighted by Crippen LogP contribution is 2.14. The molecule has 0 aliphatic rings. The van der Waals surface area contributed by atoms with E-state index in [0.29, 0.717) is 0 Å². The molecule has 2 rings (SSSR count). The van der Waals surface area contributed by atoms with Crippen molar-refractivity contribution in [2.45, 2.75) is 0 Å². The second kappa shape index (κ2) is 3.87. The molecule has 0 amide bonds. The molecule has 2 aromatic rings. The predicted molar refractivity (Wildman–Crippen MR) is 47.3 cm³/mol. The second-order valence-corrected chi connectivity index (χ2v) is 2.74. The van der Waals surface area contributed by atoms with Crippen molar-refractivity contribution in [3.8, 4) is 0 Å². The largest absolute Gasteiger partial charge is 1.00 e. The van der Waals surface area contributed by atoms with E-state index in [9.17, 15) is 0 Å². The van der Waals surface area contributed by atoms with Crippen molar-refractivity contribution < 1.29 is 28.7 Å². The highest BCUT2D eigenvalue weighted by Gasteiger charge is 2.06. The van der Waals surface area contributed by atoms with Gasteiger partial charge in [-0.1, -0.05) is 16.8 Å². The van der Waals surface area contributed by atoms with Gasteiger partial charge in [0.15, 0.2) is 7.05 Å². The molecule has 0 fully saturated rings. The third-order valence-electron chi connectivity index (χ3n) is 1.93. The van der Waals surface area contributed by atoms with E-state index in [-0.39, 0.29) is 24.0 Å². The molecular formula is C9H10IN3. The molecule has 68 valence electrons. The maximum Gasteiger partial charge on any atom is 0.240 e. The minimum Gasteiger partial charge on any atom is -1.00 e. The summed E-state index contributed by atoms with van der Waals surface area (Å²) in [4.78, 5) is 0. The summed E-state index contributed by atoms with van der Waals surface area (Å²) < 4.78 is 1.81. The number of fused-ring (bicyclic) bond motifs is 1. The minimum absolute atomic E-state index is 0. The smallest absolute Gasteiger partial charge is 0.240 e. The van der Waals surface area contributed by atoms with Crippen LogP contribution >= 0.6 is 0 Å². The summed E-state index contributed by atoms with van der Waals surface area (Å²) >= 11 is 0. The molecule has 4 heteroatoms. The summed E-state index contributed by atoms with van der Waals surface area (Å²) in [6, 6.07) is 7.94. The number of aryl methyl sites for hydroxylation is 1. The SMILES string of the molecule is C[n+]1ncc(N)c2ccccc21.[I-]. The number of para-hydroxylation sites is 1. The number of hydrogen-bond acceptors (Lipinski definition) is 2. The van der Waals surface area contributed by atoms with Crippen molar-refractivity contribution in [3.05, 3.63) is 30.5 Å². The molecular weight excluding hydrogens is 277 g/mol.